The van der Waals surface area contributed by atoms with Crippen LogP contribution in [0.1, 0.15) is 42.0 Å². The summed E-state index contributed by atoms with van der Waals surface area (Å²) in [5.74, 6) is 0. The average molecular weight is 258 g/mol. The molecular weight excluding hydrogens is 240 g/mol. The molecule has 1 nitrogen and oxygen atoms in total. The summed E-state index contributed by atoms with van der Waals surface area (Å²) in [6, 6.07) is 8.49. The predicted molar refractivity (Wildman–Crippen MR) is 76.1 cm³/mol. The minimum atomic E-state index is -0.869. The van der Waals surface area contributed by atoms with E-state index in [-0.39, 0.29) is 0 Å². The lowest BCUT2D eigenvalue weighted by Crippen LogP contribution is -2.22. The Morgan fingerprint density at radius 1 is 1.06 bits per heavy atom. The fraction of sp³-hybridized carbons (Fsp3) is 0.375. The lowest BCUT2D eigenvalue weighted by molar-refractivity contribution is 0.103. The highest BCUT2D eigenvalue weighted by molar-refractivity contribution is 7.08. The molecule has 0 saturated heterocycles. The molecule has 1 aliphatic rings. The van der Waals surface area contributed by atoms with Crippen molar-refractivity contribution in [3.05, 3.63) is 57.3 Å². The van der Waals surface area contributed by atoms with Crippen molar-refractivity contribution in [2.45, 2.75) is 38.2 Å². The molecule has 0 amide bonds. The van der Waals surface area contributed by atoms with Gasteiger partial charge in [0.15, 0.2) is 0 Å². The average Bonchev–Trinajstić information content (AvgIpc) is 2.92. The number of fused-ring (bicyclic) bond motifs is 1. The second-order valence-corrected chi connectivity index (χ2v) is 6.05. The lowest BCUT2D eigenvalue weighted by atomic mass is 9.84. The van der Waals surface area contributed by atoms with Gasteiger partial charge in [-0.3, -0.25) is 0 Å². The summed E-state index contributed by atoms with van der Waals surface area (Å²) in [5, 5.41) is 14.8. The molecule has 0 spiro atoms. The maximum absolute atomic E-state index is 10.8. The minimum absolute atomic E-state index is 0.869. The summed E-state index contributed by atoms with van der Waals surface area (Å²) in [4.78, 5) is 0. The number of hydrogen-bond acceptors (Lipinski definition) is 2. The molecule has 0 fully saturated rings. The Kier molecular flexibility index (Phi) is 3.00. The Labute approximate surface area is 112 Å². The summed E-state index contributed by atoms with van der Waals surface area (Å²) in [6.45, 7) is 1.89. The van der Waals surface area contributed by atoms with Crippen LogP contribution < -0.4 is 0 Å². The first-order chi connectivity index (χ1) is 8.68. The van der Waals surface area contributed by atoms with Crippen molar-refractivity contribution in [3.63, 3.8) is 0 Å². The van der Waals surface area contributed by atoms with Crippen molar-refractivity contribution in [3.8, 4) is 0 Å². The first kappa shape index (κ1) is 11.9. The zero-order valence-corrected chi connectivity index (χ0v) is 11.5. The minimum Gasteiger partial charge on any atom is -0.381 e. The van der Waals surface area contributed by atoms with E-state index in [2.05, 4.69) is 18.2 Å². The number of aliphatic hydroxyl groups is 1. The molecule has 94 valence electrons. The highest BCUT2D eigenvalue weighted by Gasteiger charge is 2.26. The smallest absolute Gasteiger partial charge is 0.113 e. The second-order valence-electron chi connectivity index (χ2n) is 5.27. The molecule has 0 bridgehead atoms. The summed E-state index contributed by atoms with van der Waals surface area (Å²) < 4.78 is 0. The van der Waals surface area contributed by atoms with Crippen molar-refractivity contribution in [1.82, 2.24) is 0 Å². The van der Waals surface area contributed by atoms with Crippen LogP contribution in [0.25, 0.3) is 0 Å². The van der Waals surface area contributed by atoms with E-state index < -0.39 is 5.60 Å². The molecule has 1 aromatic carbocycles. The molecule has 1 N–H and O–H groups in total. The van der Waals surface area contributed by atoms with E-state index in [0.717, 1.165) is 17.5 Å². The molecule has 1 atom stereocenters. The van der Waals surface area contributed by atoms with Crippen LogP contribution in [0.4, 0.5) is 0 Å². The van der Waals surface area contributed by atoms with Crippen molar-refractivity contribution >= 4 is 11.3 Å². The third-order valence-electron chi connectivity index (χ3n) is 3.99. The molecule has 2 aromatic rings. The van der Waals surface area contributed by atoms with Gasteiger partial charge in [-0.05, 0) is 71.7 Å². The summed E-state index contributed by atoms with van der Waals surface area (Å²) >= 11 is 1.63. The van der Waals surface area contributed by atoms with Gasteiger partial charge in [0.25, 0.3) is 0 Å². The molecule has 3 rings (SSSR count). The first-order valence-corrected chi connectivity index (χ1v) is 7.49. The van der Waals surface area contributed by atoms with Crippen LogP contribution in [0, 0.1) is 0 Å². The first-order valence-electron chi connectivity index (χ1n) is 6.55. The van der Waals surface area contributed by atoms with Crippen molar-refractivity contribution < 1.29 is 5.11 Å². The lowest BCUT2D eigenvalue weighted by Gasteiger charge is -2.25. The second kappa shape index (κ2) is 4.52. The predicted octanol–water partition coefficient (Wildman–Crippen LogP) is 3.88. The van der Waals surface area contributed by atoms with Gasteiger partial charge in [-0.2, -0.15) is 11.3 Å². The zero-order valence-electron chi connectivity index (χ0n) is 10.6. The van der Waals surface area contributed by atoms with Crippen LogP contribution in [-0.2, 0) is 18.4 Å². The van der Waals surface area contributed by atoms with Gasteiger partial charge in [0.05, 0.1) is 0 Å². The third kappa shape index (κ3) is 2.00. The van der Waals surface area contributed by atoms with Gasteiger partial charge in [0.1, 0.15) is 5.60 Å². The quantitative estimate of drug-likeness (QED) is 0.866. The maximum Gasteiger partial charge on any atom is 0.113 e. The van der Waals surface area contributed by atoms with Gasteiger partial charge in [-0.1, -0.05) is 18.2 Å². The van der Waals surface area contributed by atoms with E-state index in [1.807, 2.05) is 23.8 Å². The van der Waals surface area contributed by atoms with Gasteiger partial charge < -0.3 is 5.11 Å². The van der Waals surface area contributed by atoms with Crippen LogP contribution >= 0.6 is 11.3 Å². The van der Waals surface area contributed by atoms with Crippen LogP contribution in [0.3, 0.4) is 0 Å². The molecule has 1 unspecified atom stereocenters. The molecule has 2 heteroatoms. The molecule has 1 aliphatic carbocycles. The Morgan fingerprint density at radius 3 is 2.56 bits per heavy atom. The van der Waals surface area contributed by atoms with Crippen molar-refractivity contribution in [2.75, 3.05) is 0 Å². The van der Waals surface area contributed by atoms with Crippen LogP contribution in [0.5, 0.6) is 0 Å². The van der Waals surface area contributed by atoms with Gasteiger partial charge >= 0.3 is 0 Å². The van der Waals surface area contributed by atoms with Gasteiger partial charge in [0.2, 0.25) is 0 Å². The maximum atomic E-state index is 10.8. The van der Waals surface area contributed by atoms with Gasteiger partial charge in [-0.25, -0.2) is 0 Å². The molecule has 1 aromatic heterocycles. The number of thiophene rings is 1. The monoisotopic (exact) mass is 258 g/mol. The Hall–Kier alpha value is -1.12. The van der Waals surface area contributed by atoms with E-state index in [0.29, 0.717) is 0 Å². The summed E-state index contributed by atoms with van der Waals surface area (Å²) in [5.41, 5.74) is 4.03. The molecular formula is C16H18OS. The Bertz CT molecular complexity index is 540. The topological polar surface area (TPSA) is 20.2 Å². The largest absolute Gasteiger partial charge is 0.381 e. The third-order valence-corrected chi connectivity index (χ3v) is 4.68. The number of benzene rings is 1. The van der Waals surface area contributed by atoms with Gasteiger partial charge in [0, 0.05) is 0 Å². The highest BCUT2D eigenvalue weighted by atomic mass is 32.1. The SMILES string of the molecule is CC(O)(c1ccsc1)c1ccc2c(c1)CCCC2. The standard InChI is InChI=1S/C16H18OS/c1-16(17,15-8-9-18-11-15)14-7-6-12-4-2-3-5-13(12)10-14/h6-11,17H,2-5H2,1H3. The molecule has 0 radical (unpaired) electrons. The normalized spacial score (nSPS) is 18.1. The number of rotatable bonds is 2. The van der Waals surface area contributed by atoms with E-state index >= 15 is 0 Å². The Balaban J connectivity index is 2.02. The number of hydrogen-bond donors (Lipinski definition) is 1. The van der Waals surface area contributed by atoms with E-state index in [9.17, 15) is 5.11 Å². The zero-order chi connectivity index (χ0) is 12.6. The number of aryl methyl sites for hydroxylation is 2. The van der Waals surface area contributed by atoms with Gasteiger partial charge in [-0.15, -0.1) is 0 Å². The summed E-state index contributed by atoms with van der Waals surface area (Å²) in [6.07, 6.45) is 4.92. The van der Waals surface area contributed by atoms with Crippen molar-refractivity contribution in [2.24, 2.45) is 0 Å². The fourth-order valence-electron chi connectivity index (χ4n) is 2.74. The molecule has 18 heavy (non-hydrogen) atoms. The molecule has 0 aliphatic heterocycles. The van der Waals surface area contributed by atoms with Crippen LogP contribution in [-0.4, -0.2) is 5.11 Å². The van der Waals surface area contributed by atoms with Crippen LogP contribution in [0.2, 0.25) is 0 Å². The summed E-state index contributed by atoms with van der Waals surface area (Å²) in [7, 11) is 0. The van der Waals surface area contributed by atoms with E-state index in [1.54, 1.807) is 11.3 Å². The Morgan fingerprint density at radius 2 is 1.83 bits per heavy atom. The van der Waals surface area contributed by atoms with E-state index in [4.69, 9.17) is 0 Å². The van der Waals surface area contributed by atoms with Crippen molar-refractivity contribution in [1.29, 1.82) is 0 Å². The molecule has 1 heterocycles. The molecule has 0 saturated carbocycles. The van der Waals surface area contributed by atoms with Crippen LogP contribution in [0.15, 0.2) is 35.0 Å². The highest BCUT2D eigenvalue weighted by Crippen LogP contribution is 2.33. The fourth-order valence-corrected chi connectivity index (χ4v) is 3.50. The van der Waals surface area contributed by atoms with E-state index in [1.165, 1.54) is 30.4 Å².